The van der Waals surface area contributed by atoms with Gasteiger partial charge in [0.1, 0.15) is 17.6 Å². The molecule has 0 saturated carbocycles. The van der Waals surface area contributed by atoms with Gasteiger partial charge in [0.2, 0.25) is 0 Å². The number of nitriles is 1. The van der Waals surface area contributed by atoms with Gasteiger partial charge in [-0.15, -0.1) is 5.11 Å². The number of rotatable bonds is 16. The SMILES string of the molecule is Cc1c(C#N)c(NCCO)nc(NCCO)c1N=Nc1ccc(S(=O)CCN(CCO)CCO)cc1. The Balaban J connectivity index is 2.21. The summed E-state index contributed by atoms with van der Waals surface area (Å²) >= 11 is 0. The van der Waals surface area contributed by atoms with Crippen molar-refractivity contribution >= 4 is 33.8 Å². The molecule has 2 aromatic rings. The van der Waals surface area contributed by atoms with E-state index >= 15 is 0 Å². The molecule has 6 N–H and O–H groups in total. The Kier molecular flexibility index (Phi) is 12.9. The molecule has 0 aliphatic rings. The normalized spacial score (nSPS) is 12.1. The summed E-state index contributed by atoms with van der Waals surface area (Å²) < 4.78 is 12.6. The fourth-order valence-electron chi connectivity index (χ4n) is 3.27. The third kappa shape index (κ3) is 8.59. The average Bonchev–Trinajstić information content (AvgIpc) is 2.89. The van der Waals surface area contributed by atoms with Gasteiger partial charge in [-0.05, 0) is 31.2 Å². The number of aromatic nitrogens is 1. The van der Waals surface area contributed by atoms with Crippen molar-refractivity contribution in [2.24, 2.45) is 10.2 Å². The molecule has 0 bridgehead atoms. The van der Waals surface area contributed by atoms with Crippen LogP contribution in [0.1, 0.15) is 11.1 Å². The molecule has 1 aromatic heterocycles. The van der Waals surface area contributed by atoms with E-state index in [4.69, 9.17) is 15.3 Å². The Labute approximate surface area is 212 Å². The van der Waals surface area contributed by atoms with Crippen molar-refractivity contribution in [1.82, 2.24) is 9.88 Å². The van der Waals surface area contributed by atoms with Gasteiger partial charge >= 0.3 is 0 Å². The number of hydrogen-bond donors (Lipinski definition) is 6. The summed E-state index contributed by atoms with van der Waals surface area (Å²) in [7, 11) is -1.26. The van der Waals surface area contributed by atoms with Crippen LogP contribution in [0.2, 0.25) is 0 Å². The predicted molar refractivity (Wildman–Crippen MR) is 137 cm³/mol. The molecule has 0 aliphatic carbocycles. The number of anilines is 2. The maximum atomic E-state index is 12.6. The Bertz CT molecular complexity index is 1050. The molecule has 196 valence electrons. The van der Waals surface area contributed by atoms with Crippen LogP contribution in [0.4, 0.5) is 23.0 Å². The Morgan fingerprint density at radius 3 is 2.11 bits per heavy atom. The fourth-order valence-corrected chi connectivity index (χ4v) is 4.37. The molecule has 1 unspecified atom stereocenters. The van der Waals surface area contributed by atoms with Crippen LogP contribution in [-0.2, 0) is 10.8 Å². The molecule has 1 atom stereocenters. The zero-order chi connectivity index (χ0) is 26.3. The van der Waals surface area contributed by atoms with Crippen LogP contribution in [0, 0.1) is 18.3 Å². The summed E-state index contributed by atoms with van der Waals surface area (Å²) in [6.07, 6.45) is 0. The third-order valence-corrected chi connectivity index (χ3v) is 6.48. The molecular weight excluding hydrogens is 486 g/mol. The minimum atomic E-state index is -1.26. The summed E-state index contributed by atoms with van der Waals surface area (Å²) in [5, 5.41) is 60.5. The molecule has 0 aliphatic heterocycles. The highest BCUT2D eigenvalue weighted by atomic mass is 32.2. The number of pyridine rings is 1. The van der Waals surface area contributed by atoms with E-state index in [1.807, 2.05) is 4.90 Å². The number of benzene rings is 1. The van der Waals surface area contributed by atoms with Gasteiger partial charge < -0.3 is 31.1 Å². The van der Waals surface area contributed by atoms with E-state index in [1.54, 1.807) is 31.2 Å². The summed E-state index contributed by atoms with van der Waals surface area (Å²) in [6, 6.07) is 8.86. The van der Waals surface area contributed by atoms with Crippen LogP contribution < -0.4 is 10.6 Å². The number of nitrogens with one attached hydrogen (secondary N) is 2. The first-order valence-corrected chi connectivity index (χ1v) is 12.8. The number of azo groups is 1. The quantitative estimate of drug-likeness (QED) is 0.174. The monoisotopic (exact) mass is 519 g/mol. The molecule has 0 radical (unpaired) electrons. The van der Waals surface area contributed by atoms with Crippen LogP contribution in [0.5, 0.6) is 0 Å². The fraction of sp³-hybridized carbons (Fsp3) is 0.478. The minimum absolute atomic E-state index is 0.0314. The van der Waals surface area contributed by atoms with E-state index in [2.05, 4.69) is 31.9 Å². The summed E-state index contributed by atoms with van der Waals surface area (Å²) in [5.74, 6) is 0.990. The lowest BCUT2D eigenvalue weighted by Gasteiger charge is -2.19. The lowest BCUT2D eigenvalue weighted by atomic mass is 10.1. The molecule has 0 saturated heterocycles. The first-order chi connectivity index (χ1) is 17.5. The van der Waals surface area contributed by atoms with Gasteiger partial charge in [0.25, 0.3) is 0 Å². The number of aliphatic hydroxyl groups is 4. The highest BCUT2D eigenvalue weighted by Crippen LogP contribution is 2.34. The van der Waals surface area contributed by atoms with Crippen molar-refractivity contribution in [3.8, 4) is 6.07 Å². The van der Waals surface area contributed by atoms with Crippen molar-refractivity contribution in [1.29, 1.82) is 5.26 Å². The minimum Gasteiger partial charge on any atom is -0.395 e. The molecule has 36 heavy (non-hydrogen) atoms. The largest absolute Gasteiger partial charge is 0.395 e. The lowest BCUT2D eigenvalue weighted by Crippen LogP contribution is -2.33. The maximum Gasteiger partial charge on any atom is 0.156 e. The van der Waals surface area contributed by atoms with Gasteiger partial charge in [-0.25, -0.2) is 4.98 Å². The molecule has 12 nitrogen and oxygen atoms in total. The first-order valence-electron chi connectivity index (χ1n) is 11.5. The van der Waals surface area contributed by atoms with Gasteiger partial charge in [-0.3, -0.25) is 9.11 Å². The molecule has 1 heterocycles. The molecule has 0 spiro atoms. The van der Waals surface area contributed by atoms with E-state index in [0.29, 0.717) is 58.9 Å². The first kappa shape index (κ1) is 29.2. The molecule has 0 fully saturated rings. The summed E-state index contributed by atoms with van der Waals surface area (Å²) in [6.45, 7) is 3.13. The number of hydrogen-bond acceptors (Lipinski definition) is 12. The van der Waals surface area contributed by atoms with Crippen molar-refractivity contribution in [2.45, 2.75) is 11.8 Å². The van der Waals surface area contributed by atoms with Crippen LogP contribution in [0.25, 0.3) is 0 Å². The second kappa shape index (κ2) is 15.9. The molecule has 0 amide bonds. The summed E-state index contributed by atoms with van der Waals surface area (Å²) in [4.78, 5) is 6.86. The predicted octanol–water partition coefficient (Wildman–Crippen LogP) is 0.880. The summed E-state index contributed by atoms with van der Waals surface area (Å²) in [5.41, 5.74) is 1.65. The Morgan fingerprint density at radius 1 is 0.944 bits per heavy atom. The smallest absolute Gasteiger partial charge is 0.156 e. The van der Waals surface area contributed by atoms with E-state index in [1.165, 1.54) is 0 Å². The van der Waals surface area contributed by atoms with Crippen molar-refractivity contribution in [3.05, 3.63) is 35.4 Å². The molecule has 2 rings (SSSR count). The standard InChI is InChI=1S/C23H33N7O5S/c1-17-20(16-24)22(25-6-11-31)27-23(26-7-12-32)21(17)29-28-18-2-4-19(5-3-18)36(35)15-10-30(8-13-33)9-14-34/h2-5,31-34H,6-15H2,1H3,(H2,25,26,27). The Morgan fingerprint density at radius 2 is 1.56 bits per heavy atom. The molecule has 13 heteroatoms. The van der Waals surface area contributed by atoms with Gasteiger partial charge in [0, 0.05) is 48.9 Å². The second-order valence-corrected chi connectivity index (χ2v) is 9.17. The number of aliphatic hydroxyl groups excluding tert-OH is 4. The van der Waals surface area contributed by atoms with Crippen molar-refractivity contribution < 1.29 is 24.6 Å². The lowest BCUT2D eigenvalue weighted by molar-refractivity contribution is 0.167. The third-order valence-electron chi connectivity index (χ3n) is 5.13. The highest BCUT2D eigenvalue weighted by molar-refractivity contribution is 7.85. The van der Waals surface area contributed by atoms with Gasteiger partial charge in [-0.2, -0.15) is 10.4 Å². The van der Waals surface area contributed by atoms with Gasteiger partial charge in [0.15, 0.2) is 5.82 Å². The number of nitrogens with zero attached hydrogens (tertiary/aromatic N) is 5. The van der Waals surface area contributed by atoms with Crippen LogP contribution in [-0.4, -0.2) is 99.4 Å². The highest BCUT2D eigenvalue weighted by Gasteiger charge is 2.17. The topological polar surface area (TPSA) is 187 Å². The van der Waals surface area contributed by atoms with Crippen LogP contribution >= 0.6 is 0 Å². The second-order valence-electron chi connectivity index (χ2n) is 7.60. The van der Waals surface area contributed by atoms with E-state index in [9.17, 15) is 14.6 Å². The average molecular weight is 520 g/mol. The maximum absolute atomic E-state index is 12.6. The van der Waals surface area contributed by atoms with E-state index in [0.717, 1.165) is 0 Å². The van der Waals surface area contributed by atoms with Crippen molar-refractivity contribution in [2.75, 3.05) is 75.5 Å². The zero-order valence-corrected chi connectivity index (χ0v) is 21.0. The van der Waals surface area contributed by atoms with Gasteiger partial charge in [-0.1, -0.05) is 0 Å². The van der Waals surface area contributed by atoms with Crippen molar-refractivity contribution in [3.63, 3.8) is 0 Å². The van der Waals surface area contributed by atoms with Crippen LogP contribution in [0.3, 0.4) is 0 Å². The molecular formula is C23H33N7O5S. The molecule has 1 aromatic carbocycles. The van der Waals surface area contributed by atoms with Crippen LogP contribution in [0.15, 0.2) is 39.4 Å². The van der Waals surface area contributed by atoms with Gasteiger partial charge in [0.05, 0.1) is 48.5 Å². The zero-order valence-electron chi connectivity index (χ0n) is 20.2. The van der Waals surface area contributed by atoms with E-state index < -0.39 is 10.8 Å². The Hall–Kier alpha value is -2.99. The van der Waals surface area contributed by atoms with E-state index in [-0.39, 0.29) is 45.1 Å².